The zero-order chi connectivity index (χ0) is 24.4. The van der Waals surface area contributed by atoms with Gasteiger partial charge in [-0.15, -0.1) is 0 Å². The first kappa shape index (κ1) is 25.0. The first-order valence-corrected chi connectivity index (χ1v) is 13.6. The van der Waals surface area contributed by atoms with Crippen molar-refractivity contribution in [3.63, 3.8) is 0 Å². The molecule has 0 amide bonds. The molecule has 4 fully saturated rings. The van der Waals surface area contributed by atoms with Crippen molar-refractivity contribution in [2.75, 3.05) is 0 Å². The van der Waals surface area contributed by atoms with Gasteiger partial charge in [0.1, 0.15) is 0 Å². The molecule has 0 radical (unpaired) electrons. The highest BCUT2D eigenvalue weighted by Gasteiger charge is 2.79. The molecule has 0 aromatic carbocycles. The molecule has 3 nitrogen and oxygen atoms in total. The molecule has 0 aromatic rings. The Balaban J connectivity index is 1.56. The summed E-state index contributed by atoms with van der Waals surface area (Å²) in [6.45, 7) is 20.2. The summed E-state index contributed by atoms with van der Waals surface area (Å²) in [7, 11) is 0. The van der Waals surface area contributed by atoms with Gasteiger partial charge in [-0.1, -0.05) is 52.0 Å². The van der Waals surface area contributed by atoms with Gasteiger partial charge >= 0.3 is 5.97 Å². The highest BCUT2D eigenvalue weighted by molar-refractivity contribution is 5.70. The molecular formula is C30H48O3. The van der Waals surface area contributed by atoms with Crippen LogP contribution in [0.15, 0.2) is 24.3 Å². The number of carboxylic acid groups (broad SMARTS) is 1. The van der Waals surface area contributed by atoms with Crippen LogP contribution >= 0.6 is 0 Å². The third-order valence-electron chi connectivity index (χ3n) is 12.2. The Kier molecular flexibility index (Phi) is 6.25. The van der Waals surface area contributed by atoms with Crippen LogP contribution in [0.4, 0.5) is 0 Å². The second kappa shape index (κ2) is 8.25. The molecule has 186 valence electrons. The van der Waals surface area contributed by atoms with E-state index in [1.165, 1.54) is 38.5 Å². The molecule has 4 saturated carbocycles. The quantitative estimate of drug-likeness (QED) is 0.355. The van der Waals surface area contributed by atoms with E-state index in [9.17, 15) is 15.0 Å². The van der Waals surface area contributed by atoms with Crippen LogP contribution in [-0.2, 0) is 4.79 Å². The minimum Gasteiger partial charge on any atom is -0.481 e. The number of aliphatic hydroxyl groups excluding tert-OH is 1. The van der Waals surface area contributed by atoms with Crippen LogP contribution in [0, 0.1) is 45.3 Å². The number of carboxylic acids is 1. The van der Waals surface area contributed by atoms with Crippen LogP contribution in [0.3, 0.4) is 0 Å². The number of carbonyl (C=O) groups is 1. The molecule has 0 unspecified atom stereocenters. The Bertz CT molecular complexity index is 830. The first-order valence-electron chi connectivity index (χ1n) is 13.6. The van der Waals surface area contributed by atoms with Crippen LogP contribution in [-0.4, -0.2) is 22.3 Å². The Morgan fingerprint density at radius 1 is 1.06 bits per heavy atom. The van der Waals surface area contributed by atoms with Gasteiger partial charge in [0.2, 0.25) is 0 Å². The topological polar surface area (TPSA) is 57.5 Å². The second-order valence-corrected chi connectivity index (χ2v) is 13.2. The minimum absolute atomic E-state index is 0.137. The molecule has 3 heteroatoms. The van der Waals surface area contributed by atoms with Crippen molar-refractivity contribution in [1.29, 1.82) is 0 Å². The van der Waals surface area contributed by atoms with Gasteiger partial charge in [-0.05, 0) is 116 Å². The Morgan fingerprint density at radius 3 is 2.36 bits per heavy atom. The van der Waals surface area contributed by atoms with E-state index in [4.69, 9.17) is 0 Å². The summed E-state index contributed by atoms with van der Waals surface area (Å²) in [4.78, 5) is 11.4. The van der Waals surface area contributed by atoms with E-state index in [-0.39, 0.29) is 12.5 Å². The smallest absolute Gasteiger partial charge is 0.307 e. The van der Waals surface area contributed by atoms with Crippen molar-refractivity contribution in [2.24, 2.45) is 45.3 Å². The molecule has 9 atom stereocenters. The number of rotatable bonds is 9. The van der Waals surface area contributed by atoms with Crippen molar-refractivity contribution >= 4 is 5.97 Å². The van der Waals surface area contributed by atoms with Crippen molar-refractivity contribution in [1.82, 2.24) is 0 Å². The molecule has 0 bridgehead atoms. The number of hydrogen-bond acceptors (Lipinski definition) is 2. The summed E-state index contributed by atoms with van der Waals surface area (Å²) >= 11 is 0. The van der Waals surface area contributed by atoms with Crippen molar-refractivity contribution in [3.8, 4) is 0 Å². The Morgan fingerprint density at radius 2 is 1.76 bits per heavy atom. The molecule has 33 heavy (non-hydrogen) atoms. The molecular weight excluding hydrogens is 408 g/mol. The van der Waals surface area contributed by atoms with E-state index in [1.54, 1.807) is 0 Å². The molecule has 0 aliphatic heterocycles. The first-order chi connectivity index (χ1) is 15.4. The molecule has 4 aliphatic carbocycles. The molecule has 1 spiro atoms. The molecule has 4 rings (SSSR count). The van der Waals surface area contributed by atoms with Gasteiger partial charge in [0, 0.05) is 0 Å². The molecule has 0 saturated heterocycles. The van der Waals surface area contributed by atoms with Gasteiger partial charge < -0.3 is 10.2 Å². The number of aliphatic carboxylic acids is 1. The maximum absolute atomic E-state index is 11.4. The summed E-state index contributed by atoms with van der Waals surface area (Å²) in [5, 5.41) is 19.7. The zero-order valence-electron chi connectivity index (χ0n) is 21.9. The average molecular weight is 457 g/mol. The van der Waals surface area contributed by atoms with E-state index < -0.39 is 5.97 Å². The van der Waals surface area contributed by atoms with Gasteiger partial charge in [-0.2, -0.15) is 0 Å². The lowest BCUT2D eigenvalue weighted by Crippen LogP contribution is -2.54. The number of hydrogen-bond donors (Lipinski definition) is 2. The fraction of sp³-hybridized carbons (Fsp3) is 0.833. The average Bonchev–Trinajstić information content (AvgIpc) is 3.35. The van der Waals surface area contributed by atoms with Gasteiger partial charge in [0.25, 0.3) is 0 Å². The molecule has 2 N–H and O–H groups in total. The maximum atomic E-state index is 11.4. The Labute approximate surface area is 202 Å². The minimum atomic E-state index is -0.726. The van der Waals surface area contributed by atoms with Gasteiger partial charge in [0.15, 0.2) is 0 Å². The predicted octanol–water partition coefficient (Wildman–Crippen LogP) is 7.40. The van der Waals surface area contributed by atoms with Crippen LogP contribution in [0.5, 0.6) is 0 Å². The largest absolute Gasteiger partial charge is 0.481 e. The van der Waals surface area contributed by atoms with Crippen molar-refractivity contribution in [3.05, 3.63) is 24.3 Å². The van der Waals surface area contributed by atoms with Gasteiger partial charge in [-0.3, -0.25) is 4.79 Å². The monoisotopic (exact) mass is 456 g/mol. The fourth-order valence-corrected chi connectivity index (χ4v) is 10.2. The summed E-state index contributed by atoms with van der Waals surface area (Å²) < 4.78 is 0. The van der Waals surface area contributed by atoms with Crippen LogP contribution in [0.1, 0.15) is 105 Å². The van der Waals surface area contributed by atoms with Crippen molar-refractivity contribution < 1.29 is 15.0 Å². The number of aliphatic hydroxyl groups is 1. The highest BCUT2D eigenvalue weighted by Crippen LogP contribution is 2.87. The second-order valence-electron chi connectivity index (χ2n) is 13.2. The third kappa shape index (κ3) is 3.42. The summed E-state index contributed by atoms with van der Waals surface area (Å²) in [5.41, 5.74) is 3.30. The summed E-state index contributed by atoms with van der Waals surface area (Å²) in [6, 6.07) is 0. The van der Waals surface area contributed by atoms with E-state index >= 15 is 0 Å². The fourth-order valence-electron chi connectivity index (χ4n) is 10.2. The molecule has 0 aromatic heterocycles. The van der Waals surface area contributed by atoms with E-state index in [1.807, 2.05) is 6.92 Å². The normalized spacial score (nSPS) is 45.3. The SMILES string of the molecule is C=C(C)[C@H](O)CC[C@@H](C)[C@H]1CC[C@@]2(C)[C@@H]3CC[C@@H](C(=C)CC(=O)O)[C@@]4(CC)C[C@@]34CC[C@]12C. The summed E-state index contributed by atoms with van der Waals surface area (Å²) in [6.07, 6.45) is 11.8. The third-order valence-corrected chi connectivity index (χ3v) is 12.2. The van der Waals surface area contributed by atoms with E-state index in [0.29, 0.717) is 33.5 Å². The zero-order valence-corrected chi connectivity index (χ0v) is 21.9. The van der Waals surface area contributed by atoms with Crippen LogP contribution < -0.4 is 0 Å². The summed E-state index contributed by atoms with van der Waals surface area (Å²) in [5.74, 6) is 1.78. The van der Waals surface area contributed by atoms with Crippen molar-refractivity contribution in [2.45, 2.75) is 111 Å². The highest BCUT2D eigenvalue weighted by atomic mass is 16.4. The van der Waals surface area contributed by atoms with Gasteiger partial charge in [-0.25, -0.2) is 0 Å². The lowest BCUT2D eigenvalue weighted by atomic mass is 9.43. The standard InChI is InChI=1S/C30H48O3/c1-8-29-18-30(29)16-15-27(6)22(20(4)9-11-24(31)19(2)3)13-14-28(27,7)25(30)12-10-23(29)21(5)17-26(32)33/h20,22-25,31H,2,5,8-18H2,1,3-4,6-7H3,(H,32,33)/t20-,22-,23+,24-,25+,27-,28+,29-,30+/m1/s1. The van der Waals surface area contributed by atoms with Crippen LogP contribution in [0.25, 0.3) is 0 Å². The lowest BCUT2D eigenvalue weighted by molar-refractivity contribution is -0.137. The predicted molar refractivity (Wildman–Crippen MR) is 135 cm³/mol. The number of fused-ring (bicyclic) bond motifs is 2. The van der Waals surface area contributed by atoms with E-state index in [0.717, 1.165) is 48.7 Å². The van der Waals surface area contributed by atoms with Gasteiger partial charge in [0.05, 0.1) is 12.5 Å². The van der Waals surface area contributed by atoms with Crippen LogP contribution in [0.2, 0.25) is 0 Å². The molecule has 0 heterocycles. The molecule has 4 aliphatic rings. The Hall–Kier alpha value is -1.09. The lowest BCUT2D eigenvalue weighted by Gasteiger charge is -2.61. The van der Waals surface area contributed by atoms with E-state index in [2.05, 4.69) is 40.9 Å². The maximum Gasteiger partial charge on any atom is 0.307 e.